The molecule has 0 aliphatic rings. The molecule has 0 heterocycles. The van der Waals surface area contributed by atoms with Gasteiger partial charge < -0.3 is 0 Å². The highest BCUT2D eigenvalue weighted by Gasteiger charge is 2.32. The van der Waals surface area contributed by atoms with Crippen molar-refractivity contribution < 1.29 is 0 Å². The average molecular weight is 256 g/mol. The van der Waals surface area contributed by atoms with Gasteiger partial charge in [0.25, 0.3) is 0 Å². The molecule has 0 spiro atoms. The predicted octanol–water partition coefficient (Wildman–Crippen LogP) is 1.94. The number of halogens is 1. The number of hydrogen-bond donors (Lipinski definition) is 0. The molecule has 2 heteroatoms. The SMILES string of the molecule is CCC([SiH3])(I)C(C)(C)C. The zero-order valence-corrected chi connectivity index (χ0v) is 11.2. The van der Waals surface area contributed by atoms with Crippen molar-refractivity contribution in [3.63, 3.8) is 0 Å². The minimum absolute atomic E-state index is 0.495. The summed E-state index contributed by atoms with van der Waals surface area (Å²) in [6, 6.07) is 0. The molecule has 0 fully saturated rings. The predicted molar refractivity (Wildman–Crippen MR) is 56.4 cm³/mol. The molecule has 0 aromatic rings. The van der Waals surface area contributed by atoms with Gasteiger partial charge in [0.15, 0.2) is 0 Å². The largest absolute Gasteiger partial charge is 0.0830 e. The van der Waals surface area contributed by atoms with Gasteiger partial charge in [0, 0.05) is 13.3 Å². The lowest BCUT2D eigenvalue weighted by Gasteiger charge is -2.36. The molecule has 0 aromatic heterocycles. The van der Waals surface area contributed by atoms with Crippen LogP contribution in [0.3, 0.4) is 0 Å². The molecular formula is C7H17ISi. The summed E-state index contributed by atoms with van der Waals surface area (Å²) in [5.41, 5.74) is 0.495. The van der Waals surface area contributed by atoms with Crippen molar-refractivity contribution in [2.24, 2.45) is 5.41 Å². The molecule has 0 aliphatic carbocycles. The molecule has 0 aliphatic heterocycles. The fourth-order valence-corrected chi connectivity index (χ4v) is 0.530. The van der Waals surface area contributed by atoms with Gasteiger partial charge in [-0.15, -0.1) is 0 Å². The van der Waals surface area contributed by atoms with Crippen molar-refractivity contribution in [1.82, 2.24) is 0 Å². The van der Waals surface area contributed by atoms with Crippen LogP contribution in [0.2, 0.25) is 0 Å². The quantitative estimate of drug-likeness (QED) is 0.382. The molecule has 0 aromatic carbocycles. The van der Waals surface area contributed by atoms with Gasteiger partial charge in [-0.25, -0.2) is 0 Å². The van der Waals surface area contributed by atoms with Crippen molar-refractivity contribution in [3.05, 3.63) is 0 Å². The fourth-order valence-electron chi connectivity index (χ4n) is 0.530. The molecule has 0 radical (unpaired) electrons. The van der Waals surface area contributed by atoms with E-state index in [9.17, 15) is 0 Å². The summed E-state index contributed by atoms with van der Waals surface area (Å²) < 4.78 is 0.588. The molecule has 0 amide bonds. The second-order valence-corrected chi connectivity index (χ2v) is 9.92. The number of rotatable bonds is 1. The van der Waals surface area contributed by atoms with E-state index in [4.69, 9.17) is 0 Å². The van der Waals surface area contributed by atoms with Gasteiger partial charge in [0.1, 0.15) is 0 Å². The molecule has 1 unspecified atom stereocenters. The Bertz CT molecular complexity index is 91.6. The molecule has 56 valence electrons. The Labute approximate surface area is 75.4 Å². The van der Waals surface area contributed by atoms with Gasteiger partial charge in [-0.3, -0.25) is 0 Å². The standard InChI is InChI=1S/C7H17ISi/c1-5-7(8,9)6(2,3)4/h5H2,1-4,9H3. The molecule has 0 saturated carbocycles. The molecule has 0 nitrogen and oxygen atoms in total. The summed E-state index contributed by atoms with van der Waals surface area (Å²) in [4.78, 5) is 0. The van der Waals surface area contributed by atoms with Crippen LogP contribution in [-0.4, -0.2) is 13.3 Å². The van der Waals surface area contributed by atoms with E-state index in [0.29, 0.717) is 8.46 Å². The van der Waals surface area contributed by atoms with Crippen LogP contribution in [0.25, 0.3) is 0 Å². The highest BCUT2D eigenvalue weighted by atomic mass is 127. The van der Waals surface area contributed by atoms with Gasteiger partial charge in [0.05, 0.1) is 0 Å². The Kier molecular flexibility index (Phi) is 3.21. The van der Waals surface area contributed by atoms with E-state index in [1.54, 1.807) is 0 Å². The molecule has 0 saturated heterocycles. The average Bonchev–Trinajstić information content (AvgIpc) is 1.64. The van der Waals surface area contributed by atoms with Gasteiger partial charge >= 0.3 is 0 Å². The van der Waals surface area contributed by atoms with E-state index >= 15 is 0 Å². The van der Waals surface area contributed by atoms with E-state index in [2.05, 4.69) is 50.3 Å². The Hall–Kier alpha value is 0.947. The summed E-state index contributed by atoms with van der Waals surface area (Å²) in [6.07, 6.45) is 1.31. The highest BCUT2D eigenvalue weighted by Crippen LogP contribution is 2.38. The minimum atomic E-state index is 0.495. The third-order valence-electron chi connectivity index (χ3n) is 2.23. The topological polar surface area (TPSA) is 0 Å². The Morgan fingerprint density at radius 3 is 1.67 bits per heavy atom. The van der Waals surface area contributed by atoms with Crippen LogP contribution >= 0.6 is 22.6 Å². The van der Waals surface area contributed by atoms with Crippen molar-refractivity contribution >= 4 is 32.8 Å². The van der Waals surface area contributed by atoms with Crippen LogP contribution in [0.5, 0.6) is 0 Å². The first-order valence-corrected chi connectivity index (χ1v) is 5.58. The highest BCUT2D eigenvalue weighted by molar-refractivity contribution is 14.1. The van der Waals surface area contributed by atoms with Crippen molar-refractivity contribution in [1.29, 1.82) is 0 Å². The maximum Gasteiger partial charge on any atom is 0.0236 e. The summed E-state index contributed by atoms with van der Waals surface area (Å²) in [7, 11) is 1.29. The second kappa shape index (κ2) is 2.90. The summed E-state index contributed by atoms with van der Waals surface area (Å²) in [6.45, 7) is 9.27. The lowest BCUT2D eigenvalue weighted by molar-refractivity contribution is 0.367. The van der Waals surface area contributed by atoms with Gasteiger partial charge in [0.2, 0.25) is 0 Å². The van der Waals surface area contributed by atoms with E-state index in [-0.39, 0.29) is 0 Å². The normalized spacial score (nSPS) is 19.7. The molecule has 1 atom stereocenters. The molecule has 0 rings (SSSR count). The lowest BCUT2D eigenvalue weighted by atomic mass is 9.90. The van der Waals surface area contributed by atoms with E-state index < -0.39 is 0 Å². The zero-order valence-electron chi connectivity index (χ0n) is 7.09. The Morgan fingerprint density at radius 1 is 1.33 bits per heavy atom. The first kappa shape index (κ1) is 9.95. The first-order valence-electron chi connectivity index (χ1n) is 3.50. The van der Waals surface area contributed by atoms with E-state index in [1.165, 1.54) is 16.7 Å². The zero-order chi connectivity index (χ0) is 7.71. The van der Waals surface area contributed by atoms with Crippen LogP contribution in [0.1, 0.15) is 34.1 Å². The Morgan fingerprint density at radius 2 is 1.67 bits per heavy atom. The monoisotopic (exact) mass is 256 g/mol. The fraction of sp³-hybridized carbons (Fsp3) is 1.00. The van der Waals surface area contributed by atoms with Crippen LogP contribution < -0.4 is 0 Å². The van der Waals surface area contributed by atoms with Gasteiger partial charge in [-0.05, 0) is 11.8 Å². The van der Waals surface area contributed by atoms with Crippen LogP contribution in [-0.2, 0) is 0 Å². The van der Waals surface area contributed by atoms with Crippen LogP contribution in [0.4, 0.5) is 0 Å². The maximum absolute atomic E-state index is 2.61. The van der Waals surface area contributed by atoms with Gasteiger partial charge in [-0.1, -0.05) is 50.3 Å². The maximum atomic E-state index is 2.61. The molecule has 0 N–H and O–H groups in total. The van der Waals surface area contributed by atoms with Crippen LogP contribution in [0, 0.1) is 5.41 Å². The van der Waals surface area contributed by atoms with E-state index in [1.807, 2.05) is 0 Å². The molecule has 9 heavy (non-hydrogen) atoms. The van der Waals surface area contributed by atoms with Crippen LogP contribution in [0.15, 0.2) is 0 Å². The number of alkyl halides is 1. The third kappa shape index (κ3) is 2.58. The summed E-state index contributed by atoms with van der Waals surface area (Å²) in [5, 5.41) is 0. The summed E-state index contributed by atoms with van der Waals surface area (Å²) >= 11 is 2.61. The first-order chi connectivity index (χ1) is 3.81. The second-order valence-electron chi connectivity index (χ2n) is 3.80. The smallest absolute Gasteiger partial charge is 0.0236 e. The van der Waals surface area contributed by atoms with Crippen molar-refractivity contribution in [2.45, 2.75) is 37.2 Å². The lowest BCUT2D eigenvalue weighted by Crippen LogP contribution is -2.36. The number of hydrogen-bond acceptors (Lipinski definition) is 0. The van der Waals surface area contributed by atoms with Crippen molar-refractivity contribution in [2.75, 3.05) is 0 Å². The van der Waals surface area contributed by atoms with Gasteiger partial charge in [-0.2, -0.15) is 0 Å². The minimum Gasteiger partial charge on any atom is -0.0830 e. The van der Waals surface area contributed by atoms with Crippen molar-refractivity contribution in [3.8, 4) is 0 Å². The summed E-state index contributed by atoms with van der Waals surface area (Å²) in [5.74, 6) is 0. The molecule has 0 bridgehead atoms. The van der Waals surface area contributed by atoms with E-state index in [0.717, 1.165) is 0 Å². The Balaban J connectivity index is 4.14. The molecular weight excluding hydrogens is 239 g/mol. The third-order valence-corrected chi connectivity index (χ3v) is 6.82.